The number of aryl methyl sites for hydroxylation is 1. The average Bonchev–Trinajstić information content (AvgIpc) is 2.83. The minimum atomic E-state index is -4.92. The number of hydrogen-bond donors (Lipinski definition) is 0. The minimum absolute atomic E-state index is 0.152. The van der Waals surface area contributed by atoms with Crippen LogP contribution in [0, 0.1) is 0 Å². The Morgan fingerprint density at radius 3 is 2.04 bits per heavy atom. The summed E-state index contributed by atoms with van der Waals surface area (Å²) in [4.78, 5) is 0. The van der Waals surface area contributed by atoms with Crippen LogP contribution in [0.5, 0.6) is 0 Å². The van der Waals surface area contributed by atoms with E-state index in [0.29, 0.717) is 5.69 Å². The zero-order valence-electron chi connectivity index (χ0n) is 12.3. The standard InChI is InChI=1S/C16H11F6N2/c1-23-9-24(11-5-3-2-4-6-11)14-12(16(20,21)22)7-10(8-13(14)23)15(17,18)19/h2-9H,1H3/q+1. The molecule has 0 spiro atoms. The largest absolute Gasteiger partial charge is 0.420 e. The molecule has 0 N–H and O–H groups in total. The zero-order valence-corrected chi connectivity index (χ0v) is 12.3. The maximum Gasteiger partial charge on any atom is 0.420 e. The lowest BCUT2D eigenvalue weighted by molar-refractivity contribution is -0.645. The Morgan fingerprint density at radius 2 is 1.50 bits per heavy atom. The van der Waals surface area contributed by atoms with Crippen molar-refractivity contribution in [3.05, 3.63) is 59.9 Å². The second-order valence-electron chi connectivity index (χ2n) is 5.32. The Kier molecular flexibility index (Phi) is 3.58. The van der Waals surface area contributed by atoms with Crippen molar-refractivity contribution in [3.8, 4) is 5.69 Å². The Balaban J connectivity index is 2.43. The number of imidazole rings is 1. The van der Waals surface area contributed by atoms with Crippen LogP contribution in [-0.2, 0) is 19.4 Å². The molecular formula is C16H11F6N2+. The van der Waals surface area contributed by atoms with Crippen molar-refractivity contribution in [2.24, 2.45) is 7.05 Å². The average molecular weight is 345 g/mol. The molecule has 3 aromatic rings. The van der Waals surface area contributed by atoms with Crippen LogP contribution in [0.25, 0.3) is 16.7 Å². The van der Waals surface area contributed by atoms with E-state index < -0.39 is 23.5 Å². The fraction of sp³-hybridized carbons (Fsp3) is 0.188. The SMILES string of the molecule is C[n+]1cn(-c2ccccc2)c2c(C(F)(F)F)cc(C(F)(F)F)cc21. The van der Waals surface area contributed by atoms with Gasteiger partial charge in [-0.25, -0.2) is 4.57 Å². The summed E-state index contributed by atoms with van der Waals surface area (Å²) in [7, 11) is 1.40. The van der Waals surface area contributed by atoms with Crippen LogP contribution >= 0.6 is 0 Å². The summed E-state index contributed by atoms with van der Waals surface area (Å²) in [6.07, 6.45) is -8.46. The first kappa shape index (κ1) is 16.4. The number of nitrogens with zero attached hydrogens (tertiary/aromatic N) is 2. The fourth-order valence-electron chi connectivity index (χ4n) is 2.60. The molecule has 1 heterocycles. The Labute approximate surface area is 132 Å². The van der Waals surface area contributed by atoms with Gasteiger partial charge in [-0.05, 0) is 18.2 Å². The van der Waals surface area contributed by atoms with Gasteiger partial charge in [0.15, 0.2) is 11.0 Å². The van der Waals surface area contributed by atoms with Gasteiger partial charge >= 0.3 is 12.4 Å². The second kappa shape index (κ2) is 5.25. The first-order chi connectivity index (χ1) is 11.1. The molecule has 0 atom stereocenters. The number of para-hydroxylation sites is 1. The van der Waals surface area contributed by atoms with Gasteiger partial charge in [0.25, 0.3) is 0 Å². The van der Waals surface area contributed by atoms with E-state index in [-0.39, 0.29) is 17.1 Å². The van der Waals surface area contributed by atoms with Gasteiger partial charge in [-0.1, -0.05) is 18.2 Å². The highest BCUT2D eigenvalue weighted by molar-refractivity contribution is 5.80. The number of fused-ring (bicyclic) bond motifs is 1. The molecule has 8 heteroatoms. The summed E-state index contributed by atoms with van der Waals surface area (Å²) in [6.45, 7) is 0. The lowest BCUT2D eigenvalue weighted by Gasteiger charge is -2.12. The number of alkyl halides is 6. The van der Waals surface area contributed by atoms with Gasteiger partial charge in [-0.15, -0.1) is 0 Å². The van der Waals surface area contributed by atoms with E-state index in [2.05, 4.69) is 0 Å². The van der Waals surface area contributed by atoms with Gasteiger partial charge in [-0.2, -0.15) is 30.9 Å². The molecule has 1 aromatic heterocycles. The maximum atomic E-state index is 13.4. The molecule has 126 valence electrons. The summed E-state index contributed by atoms with van der Waals surface area (Å²) in [6, 6.07) is 9.01. The van der Waals surface area contributed by atoms with E-state index >= 15 is 0 Å². The molecule has 0 saturated heterocycles. The van der Waals surface area contributed by atoms with Crippen molar-refractivity contribution in [1.82, 2.24) is 4.57 Å². The first-order valence-electron chi connectivity index (χ1n) is 6.83. The lowest BCUT2D eigenvalue weighted by Crippen LogP contribution is -2.26. The highest BCUT2D eigenvalue weighted by atomic mass is 19.4. The predicted molar refractivity (Wildman–Crippen MR) is 74.5 cm³/mol. The normalized spacial score (nSPS) is 12.8. The summed E-state index contributed by atoms with van der Waals surface area (Å²) >= 11 is 0. The van der Waals surface area contributed by atoms with Crippen LogP contribution in [0.1, 0.15) is 11.1 Å². The van der Waals surface area contributed by atoms with Crippen LogP contribution < -0.4 is 4.57 Å². The van der Waals surface area contributed by atoms with Crippen molar-refractivity contribution in [3.63, 3.8) is 0 Å². The fourth-order valence-corrected chi connectivity index (χ4v) is 2.60. The molecule has 24 heavy (non-hydrogen) atoms. The van der Waals surface area contributed by atoms with Crippen molar-refractivity contribution in [1.29, 1.82) is 0 Å². The molecular weight excluding hydrogens is 334 g/mol. The molecule has 0 saturated carbocycles. The molecule has 0 bridgehead atoms. The smallest absolute Gasteiger partial charge is 0.232 e. The minimum Gasteiger partial charge on any atom is -0.232 e. The third-order valence-corrected chi connectivity index (χ3v) is 3.67. The van der Waals surface area contributed by atoms with Crippen LogP contribution in [0.4, 0.5) is 26.3 Å². The summed E-state index contributed by atoms with van der Waals surface area (Å²) < 4.78 is 81.6. The topological polar surface area (TPSA) is 8.81 Å². The van der Waals surface area contributed by atoms with E-state index in [1.807, 2.05) is 0 Å². The third-order valence-electron chi connectivity index (χ3n) is 3.67. The molecule has 0 radical (unpaired) electrons. The highest BCUT2D eigenvalue weighted by Crippen LogP contribution is 2.39. The molecule has 0 aliphatic carbocycles. The quantitative estimate of drug-likeness (QED) is 0.454. The predicted octanol–water partition coefficient (Wildman–Crippen LogP) is 4.49. The molecule has 3 rings (SSSR count). The molecule has 2 aromatic carbocycles. The van der Waals surface area contributed by atoms with Crippen molar-refractivity contribution in [2.45, 2.75) is 12.4 Å². The van der Waals surface area contributed by atoms with E-state index in [4.69, 9.17) is 0 Å². The number of hydrogen-bond acceptors (Lipinski definition) is 0. The Bertz CT molecular complexity index is 891. The van der Waals surface area contributed by atoms with E-state index in [1.54, 1.807) is 30.3 Å². The third kappa shape index (κ3) is 2.72. The van der Waals surface area contributed by atoms with Crippen LogP contribution in [0.3, 0.4) is 0 Å². The first-order valence-corrected chi connectivity index (χ1v) is 6.83. The van der Waals surface area contributed by atoms with Gasteiger partial charge in [0.05, 0.1) is 12.6 Å². The van der Waals surface area contributed by atoms with E-state index in [1.165, 1.54) is 22.5 Å². The van der Waals surface area contributed by atoms with E-state index in [9.17, 15) is 26.3 Å². The number of aromatic nitrogens is 2. The molecule has 0 aliphatic heterocycles. The Hall–Kier alpha value is -2.51. The summed E-state index contributed by atoms with van der Waals surface area (Å²) in [5.74, 6) is 0. The monoisotopic (exact) mass is 345 g/mol. The lowest BCUT2D eigenvalue weighted by atomic mass is 10.1. The zero-order chi connectivity index (χ0) is 17.7. The molecule has 0 unspecified atom stereocenters. The second-order valence-corrected chi connectivity index (χ2v) is 5.32. The molecule has 0 fully saturated rings. The van der Waals surface area contributed by atoms with Gasteiger partial charge in [0.2, 0.25) is 6.33 Å². The van der Waals surface area contributed by atoms with Gasteiger partial charge < -0.3 is 0 Å². The van der Waals surface area contributed by atoms with Crippen LogP contribution in [-0.4, -0.2) is 4.57 Å². The van der Waals surface area contributed by atoms with Gasteiger partial charge in [0, 0.05) is 6.07 Å². The van der Waals surface area contributed by atoms with Gasteiger partial charge in [-0.3, -0.25) is 0 Å². The highest BCUT2D eigenvalue weighted by Gasteiger charge is 2.41. The summed E-state index contributed by atoms with van der Waals surface area (Å²) in [5, 5.41) is 0. The maximum absolute atomic E-state index is 13.4. The number of halogens is 6. The van der Waals surface area contributed by atoms with Crippen molar-refractivity contribution in [2.75, 3.05) is 0 Å². The molecule has 0 aliphatic rings. The summed E-state index contributed by atoms with van der Waals surface area (Å²) in [5.41, 5.74) is -2.70. The van der Waals surface area contributed by atoms with Crippen LogP contribution in [0.15, 0.2) is 48.8 Å². The molecule has 0 amide bonds. The van der Waals surface area contributed by atoms with Crippen molar-refractivity contribution >= 4 is 11.0 Å². The van der Waals surface area contributed by atoms with Crippen LogP contribution in [0.2, 0.25) is 0 Å². The Morgan fingerprint density at radius 1 is 0.875 bits per heavy atom. The molecule has 2 nitrogen and oxygen atoms in total. The van der Waals surface area contributed by atoms with Crippen molar-refractivity contribution < 1.29 is 30.9 Å². The number of rotatable bonds is 1. The van der Waals surface area contributed by atoms with Gasteiger partial charge in [0.1, 0.15) is 11.3 Å². The van der Waals surface area contributed by atoms with E-state index in [0.717, 1.165) is 6.07 Å². The number of benzene rings is 2.